The Morgan fingerprint density at radius 1 is 1.23 bits per heavy atom. The minimum atomic E-state index is -0.294. The first-order valence-electron chi connectivity index (χ1n) is 13.1. The van der Waals surface area contributed by atoms with Crippen molar-refractivity contribution in [3.05, 3.63) is 71.4 Å². The Labute approximate surface area is 231 Å². The van der Waals surface area contributed by atoms with Crippen molar-refractivity contribution in [3.63, 3.8) is 0 Å². The lowest BCUT2D eigenvalue weighted by Crippen LogP contribution is -2.45. The molecule has 1 saturated carbocycles. The van der Waals surface area contributed by atoms with Crippen LogP contribution in [0.15, 0.2) is 55.1 Å². The fourth-order valence-corrected chi connectivity index (χ4v) is 6.40. The number of ether oxygens (including phenoxy) is 1. The van der Waals surface area contributed by atoms with Gasteiger partial charge >= 0.3 is 0 Å². The molecule has 1 amide bonds. The molecule has 3 atom stereocenters. The van der Waals surface area contributed by atoms with Crippen LogP contribution in [0.1, 0.15) is 42.7 Å². The third-order valence-corrected chi connectivity index (χ3v) is 8.10. The van der Waals surface area contributed by atoms with Crippen LogP contribution in [-0.2, 0) is 0 Å². The standard InChI is InChI=1S/C29H28ClN7O2/c1-3-39-22-9-23(27-21(12-31)14-34-37(27)17-22)18-6-7-25(33-13-18)36-15-19-10-29(2,11-20(19)16-36)35-28(38)26-24(30)5-4-8-32-26/h4-9,13-14,17,19-20H,3,10-11,15-16H2,1-2H3,(H,35,38)/t19-,20+,29?. The Bertz CT molecular complexity index is 1580. The summed E-state index contributed by atoms with van der Waals surface area (Å²) in [6.45, 7) is 6.35. The highest BCUT2D eigenvalue weighted by Gasteiger charge is 2.47. The van der Waals surface area contributed by atoms with Gasteiger partial charge in [0.1, 0.15) is 23.3 Å². The highest BCUT2D eigenvalue weighted by atomic mass is 35.5. The Morgan fingerprint density at radius 2 is 2.03 bits per heavy atom. The van der Waals surface area contributed by atoms with Crippen molar-refractivity contribution in [2.45, 2.75) is 32.2 Å². The number of anilines is 1. The van der Waals surface area contributed by atoms with Crippen LogP contribution in [0, 0.1) is 23.2 Å². The van der Waals surface area contributed by atoms with Gasteiger partial charge in [-0.2, -0.15) is 10.4 Å². The second-order valence-electron chi connectivity index (χ2n) is 10.6. The lowest BCUT2D eigenvalue weighted by molar-refractivity contribution is 0.0900. The maximum Gasteiger partial charge on any atom is 0.271 e. The van der Waals surface area contributed by atoms with Crippen LogP contribution in [0.3, 0.4) is 0 Å². The Hall–Kier alpha value is -4.16. The number of nitrogens with one attached hydrogen (secondary N) is 1. The zero-order chi connectivity index (χ0) is 27.1. The molecule has 0 radical (unpaired) electrons. The molecular weight excluding hydrogens is 514 g/mol. The van der Waals surface area contributed by atoms with E-state index in [-0.39, 0.29) is 17.1 Å². The van der Waals surface area contributed by atoms with E-state index in [0.29, 0.717) is 34.8 Å². The molecule has 9 nitrogen and oxygen atoms in total. The third kappa shape index (κ3) is 4.66. The van der Waals surface area contributed by atoms with E-state index in [4.69, 9.17) is 21.3 Å². The number of fused-ring (bicyclic) bond motifs is 2. The smallest absolute Gasteiger partial charge is 0.271 e. The minimum Gasteiger partial charge on any atom is -0.492 e. The van der Waals surface area contributed by atoms with Gasteiger partial charge in [-0.3, -0.25) is 4.79 Å². The maximum absolute atomic E-state index is 12.8. The molecule has 4 aromatic heterocycles. The fraction of sp³-hybridized carbons (Fsp3) is 0.345. The van der Waals surface area contributed by atoms with Crippen LogP contribution in [0.25, 0.3) is 16.6 Å². The lowest BCUT2D eigenvalue weighted by Gasteiger charge is -2.28. The lowest BCUT2D eigenvalue weighted by atomic mass is 9.97. The van der Waals surface area contributed by atoms with Gasteiger partial charge in [0.2, 0.25) is 0 Å². The van der Waals surface area contributed by atoms with Gasteiger partial charge in [-0.1, -0.05) is 11.6 Å². The predicted octanol–water partition coefficient (Wildman–Crippen LogP) is 4.75. The predicted molar refractivity (Wildman–Crippen MR) is 148 cm³/mol. The van der Waals surface area contributed by atoms with Crippen molar-refractivity contribution in [2.75, 3.05) is 24.6 Å². The van der Waals surface area contributed by atoms with E-state index < -0.39 is 0 Å². The first-order valence-corrected chi connectivity index (χ1v) is 13.4. The number of hydrogen-bond donors (Lipinski definition) is 1. The van der Waals surface area contributed by atoms with Crippen molar-refractivity contribution < 1.29 is 9.53 Å². The average Bonchev–Trinajstić information content (AvgIpc) is 3.60. The molecule has 4 aromatic rings. The van der Waals surface area contributed by atoms with E-state index >= 15 is 0 Å². The van der Waals surface area contributed by atoms with Crippen LogP contribution in [0.2, 0.25) is 5.02 Å². The van der Waals surface area contributed by atoms with Gasteiger partial charge in [0.05, 0.1) is 35.1 Å². The highest BCUT2D eigenvalue weighted by molar-refractivity contribution is 6.33. The summed E-state index contributed by atoms with van der Waals surface area (Å²) >= 11 is 6.18. The molecule has 10 heteroatoms. The number of carbonyl (C=O) groups is 1. The van der Waals surface area contributed by atoms with Gasteiger partial charge in [-0.25, -0.2) is 14.5 Å². The normalized spacial score (nSPS) is 22.1. The van der Waals surface area contributed by atoms with Crippen molar-refractivity contribution in [3.8, 4) is 22.9 Å². The van der Waals surface area contributed by atoms with E-state index in [0.717, 1.165) is 48.4 Å². The quantitative estimate of drug-likeness (QED) is 0.375. The number of aromatic nitrogens is 4. The Morgan fingerprint density at radius 3 is 2.69 bits per heavy atom. The van der Waals surface area contributed by atoms with Crippen LogP contribution in [0.5, 0.6) is 5.75 Å². The largest absolute Gasteiger partial charge is 0.492 e. The summed E-state index contributed by atoms with van der Waals surface area (Å²) < 4.78 is 7.42. The molecule has 2 aliphatic rings. The molecule has 0 spiro atoms. The number of hydrogen-bond acceptors (Lipinski definition) is 7. The molecule has 1 aliphatic carbocycles. The molecule has 198 valence electrons. The molecule has 1 saturated heterocycles. The maximum atomic E-state index is 12.8. The minimum absolute atomic E-state index is 0.225. The summed E-state index contributed by atoms with van der Waals surface area (Å²) in [5.41, 5.74) is 2.96. The molecule has 5 heterocycles. The van der Waals surface area contributed by atoms with E-state index in [9.17, 15) is 10.1 Å². The van der Waals surface area contributed by atoms with E-state index in [1.165, 1.54) is 0 Å². The summed E-state index contributed by atoms with van der Waals surface area (Å²) in [6, 6.07) is 11.6. The molecule has 0 aromatic carbocycles. The SMILES string of the molecule is CCOc1cc(-c2ccc(N3C[C@@H]4CC(C)(NC(=O)c5ncccc5Cl)C[C@@H]4C3)nc2)c2c(C#N)cnn2c1. The summed E-state index contributed by atoms with van der Waals surface area (Å²) in [5.74, 6) is 2.30. The molecular formula is C29H28ClN7O2. The van der Waals surface area contributed by atoms with Gasteiger partial charge < -0.3 is 15.0 Å². The zero-order valence-corrected chi connectivity index (χ0v) is 22.5. The number of rotatable bonds is 6. The number of amides is 1. The summed E-state index contributed by atoms with van der Waals surface area (Å²) in [6.07, 6.45) is 8.57. The zero-order valence-electron chi connectivity index (χ0n) is 21.8. The van der Waals surface area contributed by atoms with Gasteiger partial charge in [-0.15, -0.1) is 0 Å². The monoisotopic (exact) mass is 541 g/mol. The van der Waals surface area contributed by atoms with Crippen molar-refractivity contribution in [2.24, 2.45) is 11.8 Å². The van der Waals surface area contributed by atoms with Crippen molar-refractivity contribution in [1.29, 1.82) is 5.26 Å². The third-order valence-electron chi connectivity index (χ3n) is 7.79. The van der Waals surface area contributed by atoms with Gasteiger partial charge in [0.15, 0.2) is 0 Å². The average molecular weight is 542 g/mol. The second kappa shape index (κ2) is 9.86. The van der Waals surface area contributed by atoms with Gasteiger partial charge in [0.25, 0.3) is 5.91 Å². The van der Waals surface area contributed by atoms with Crippen molar-refractivity contribution >= 4 is 28.8 Å². The van der Waals surface area contributed by atoms with Gasteiger partial charge in [-0.05, 0) is 68.9 Å². The molecule has 1 unspecified atom stereocenters. The fourth-order valence-electron chi connectivity index (χ4n) is 6.19. The molecule has 1 aliphatic heterocycles. The van der Waals surface area contributed by atoms with Gasteiger partial charge in [0, 0.05) is 42.1 Å². The summed E-state index contributed by atoms with van der Waals surface area (Å²) in [4.78, 5) is 24.1. The number of pyridine rings is 3. The Balaban J connectivity index is 1.17. The Kier molecular flexibility index (Phi) is 6.35. The second-order valence-corrected chi connectivity index (χ2v) is 11.0. The topological polar surface area (TPSA) is 108 Å². The number of nitriles is 1. The highest BCUT2D eigenvalue weighted by Crippen LogP contribution is 2.45. The van der Waals surface area contributed by atoms with Crippen molar-refractivity contribution in [1.82, 2.24) is 24.9 Å². The number of nitrogens with zero attached hydrogens (tertiary/aromatic N) is 6. The molecule has 39 heavy (non-hydrogen) atoms. The molecule has 0 bridgehead atoms. The van der Waals surface area contributed by atoms with Crippen LogP contribution in [0.4, 0.5) is 5.82 Å². The summed E-state index contributed by atoms with van der Waals surface area (Å²) in [7, 11) is 0. The first-order chi connectivity index (χ1) is 18.9. The molecule has 2 fully saturated rings. The molecule has 1 N–H and O–H groups in total. The van der Waals surface area contributed by atoms with E-state index in [1.54, 1.807) is 35.2 Å². The van der Waals surface area contributed by atoms with Crippen LogP contribution < -0.4 is 15.0 Å². The number of halogens is 1. The van der Waals surface area contributed by atoms with E-state index in [1.807, 2.05) is 31.3 Å². The van der Waals surface area contributed by atoms with Crippen LogP contribution >= 0.6 is 11.6 Å². The van der Waals surface area contributed by atoms with Crippen LogP contribution in [-0.4, -0.2) is 50.7 Å². The number of carbonyl (C=O) groups excluding carboxylic acids is 1. The van der Waals surface area contributed by atoms with E-state index in [2.05, 4.69) is 33.3 Å². The summed E-state index contributed by atoms with van der Waals surface area (Å²) in [5, 5.41) is 17.5. The molecule has 6 rings (SSSR count). The first kappa shape index (κ1) is 25.1.